The maximum Gasteiger partial charge on any atom is 0.282 e. The molecule has 0 spiro atoms. The molecule has 0 aromatic carbocycles. The Labute approximate surface area is 121 Å². The van der Waals surface area contributed by atoms with Crippen molar-refractivity contribution in [3.63, 3.8) is 0 Å². The summed E-state index contributed by atoms with van der Waals surface area (Å²) in [6.45, 7) is 1.85. The second-order valence-electron chi connectivity index (χ2n) is 3.64. The minimum atomic E-state index is -3.81. The summed E-state index contributed by atoms with van der Waals surface area (Å²) in [5.41, 5.74) is 0. The largest absolute Gasteiger partial charge is 0.282 e. The average Bonchev–Trinajstić information content (AvgIpc) is 2.93. The van der Waals surface area contributed by atoms with Crippen molar-refractivity contribution in [1.29, 1.82) is 0 Å². The number of sulfonamides is 1. The maximum absolute atomic E-state index is 12.3. The van der Waals surface area contributed by atoms with Gasteiger partial charge in [0.25, 0.3) is 10.0 Å². The normalized spacial score (nSPS) is 12.1. The number of hydrogen-bond donors (Lipinski definition) is 1. The number of anilines is 1. The number of nitrogens with one attached hydrogen (secondary N) is 1. The molecular weight excluding hydrogens is 328 g/mol. The molecule has 19 heavy (non-hydrogen) atoms. The quantitative estimate of drug-likeness (QED) is 0.798. The zero-order chi connectivity index (χ0) is 13.6. The lowest BCUT2D eigenvalue weighted by Gasteiger charge is -2.03. The van der Waals surface area contributed by atoms with Crippen LogP contribution >= 0.6 is 34.3 Å². The van der Waals surface area contributed by atoms with Crippen LogP contribution in [0.3, 0.4) is 0 Å². The first-order valence-electron chi connectivity index (χ1n) is 5.04. The molecular formula is C9H7ClN4O2S3. The van der Waals surface area contributed by atoms with E-state index in [1.807, 2.05) is 6.92 Å². The third-order valence-corrected chi connectivity index (χ3v) is 5.73. The third kappa shape index (κ3) is 2.22. The highest BCUT2D eigenvalue weighted by atomic mass is 35.5. The van der Waals surface area contributed by atoms with Crippen molar-refractivity contribution in [2.24, 2.45) is 0 Å². The van der Waals surface area contributed by atoms with Crippen LogP contribution in [0.25, 0.3) is 4.96 Å². The van der Waals surface area contributed by atoms with E-state index in [2.05, 4.69) is 14.7 Å². The second kappa shape index (κ2) is 4.44. The summed E-state index contributed by atoms with van der Waals surface area (Å²) in [4.78, 5) is 9.41. The van der Waals surface area contributed by atoms with Gasteiger partial charge in [0, 0.05) is 22.7 Å². The number of aromatic nitrogens is 3. The van der Waals surface area contributed by atoms with E-state index in [1.54, 1.807) is 17.8 Å². The molecule has 10 heteroatoms. The fourth-order valence-corrected chi connectivity index (χ4v) is 4.91. The van der Waals surface area contributed by atoms with Crippen LogP contribution in [0.1, 0.15) is 4.88 Å². The first-order chi connectivity index (χ1) is 8.97. The fraction of sp³-hybridized carbons (Fsp3) is 0.111. The summed E-state index contributed by atoms with van der Waals surface area (Å²) in [6, 6.07) is 0. The Balaban J connectivity index is 2.09. The Hall–Kier alpha value is -1.16. The van der Waals surface area contributed by atoms with Crippen molar-refractivity contribution in [3.8, 4) is 0 Å². The van der Waals surface area contributed by atoms with E-state index >= 15 is 0 Å². The lowest BCUT2D eigenvalue weighted by atomic mass is 10.7. The first kappa shape index (κ1) is 12.9. The van der Waals surface area contributed by atoms with Gasteiger partial charge in [-0.3, -0.25) is 9.12 Å². The number of nitrogens with zero attached hydrogens (tertiary/aromatic N) is 3. The van der Waals surface area contributed by atoms with Crippen molar-refractivity contribution < 1.29 is 8.42 Å². The number of imidazole rings is 1. The minimum absolute atomic E-state index is 0.0485. The zero-order valence-electron chi connectivity index (χ0n) is 9.49. The van der Waals surface area contributed by atoms with Crippen LogP contribution in [-0.4, -0.2) is 22.8 Å². The molecule has 0 saturated heterocycles. The van der Waals surface area contributed by atoms with Crippen LogP contribution in [0.5, 0.6) is 0 Å². The van der Waals surface area contributed by atoms with Crippen LogP contribution in [0.4, 0.5) is 5.13 Å². The smallest absolute Gasteiger partial charge is 0.278 e. The number of fused-ring (bicyclic) bond motifs is 1. The molecule has 0 atom stereocenters. The van der Waals surface area contributed by atoms with Crippen LogP contribution < -0.4 is 4.72 Å². The van der Waals surface area contributed by atoms with Gasteiger partial charge in [0.15, 0.2) is 20.3 Å². The van der Waals surface area contributed by atoms with Gasteiger partial charge in [-0.05, 0) is 6.92 Å². The molecule has 1 N–H and O–H groups in total. The van der Waals surface area contributed by atoms with Crippen molar-refractivity contribution >= 4 is 54.4 Å². The second-order valence-corrected chi connectivity index (χ2v) is 7.71. The van der Waals surface area contributed by atoms with E-state index in [1.165, 1.54) is 27.1 Å². The summed E-state index contributed by atoms with van der Waals surface area (Å²) in [7, 11) is -3.81. The summed E-state index contributed by atoms with van der Waals surface area (Å²) in [5, 5.41) is 1.93. The molecule has 0 aliphatic heterocycles. The molecule has 100 valence electrons. The molecule has 3 heterocycles. The lowest BCUT2D eigenvalue weighted by Crippen LogP contribution is -2.15. The molecule has 0 unspecified atom stereocenters. The highest BCUT2D eigenvalue weighted by Crippen LogP contribution is 2.28. The molecule has 3 aromatic heterocycles. The third-order valence-electron chi connectivity index (χ3n) is 2.28. The SMILES string of the molecule is Cc1cnc(NS(=O)(=O)c2c(Cl)nc3sccn23)s1. The van der Waals surface area contributed by atoms with Crippen molar-refractivity contribution in [1.82, 2.24) is 14.4 Å². The Bertz CT molecular complexity index is 848. The monoisotopic (exact) mass is 334 g/mol. The molecule has 0 amide bonds. The Morgan fingerprint density at radius 2 is 2.26 bits per heavy atom. The van der Waals surface area contributed by atoms with Crippen LogP contribution in [0, 0.1) is 6.92 Å². The van der Waals surface area contributed by atoms with Gasteiger partial charge in [-0.15, -0.1) is 22.7 Å². The van der Waals surface area contributed by atoms with E-state index in [9.17, 15) is 8.42 Å². The van der Waals surface area contributed by atoms with Crippen molar-refractivity contribution in [2.45, 2.75) is 11.9 Å². The molecule has 6 nitrogen and oxygen atoms in total. The molecule has 0 bridgehead atoms. The standard InChI is InChI=1S/C9H7ClN4O2S3/c1-5-4-11-8(18-5)13-19(15,16)7-6(10)12-9-14(7)2-3-17-9/h2-4H,1H3,(H,11,13). The topological polar surface area (TPSA) is 76.4 Å². The highest BCUT2D eigenvalue weighted by Gasteiger charge is 2.25. The van der Waals surface area contributed by atoms with E-state index in [-0.39, 0.29) is 10.2 Å². The first-order valence-corrected chi connectivity index (χ1v) is 8.59. The van der Waals surface area contributed by atoms with Gasteiger partial charge < -0.3 is 0 Å². The molecule has 3 rings (SSSR count). The minimum Gasteiger partial charge on any atom is -0.278 e. The Morgan fingerprint density at radius 3 is 2.95 bits per heavy atom. The van der Waals surface area contributed by atoms with Crippen molar-refractivity contribution in [2.75, 3.05) is 4.72 Å². The number of rotatable bonds is 3. The summed E-state index contributed by atoms with van der Waals surface area (Å²) in [5.74, 6) is 0. The summed E-state index contributed by atoms with van der Waals surface area (Å²) >= 11 is 8.47. The molecule has 0 saturated carbocycles. The van der Waals surface area contributed by atoms with Crippen LogP contribution in [0.15, 0.2) is 22.8 Å². The molecule has 3 aromatic rings. The zero-order valence-corrected chi connectivity index (χ0v) is 12.7. The number of halogens is 1. The summed E-state index contributed by atoms with van der Waals surface area (Å²) in [6.07, 6.45) is 3.21. The average molecular weight is 335 g/mol. The van der Waals surface area contributed by atoms with Crippen molar-refractivity contribution in [3.05, 3.63) is 27.8 Å². The Morgan fingerprint density at radius 1 is 1.47 bits per heavy atom. The van der Waals surface area contributed by atoms with Gasteiger partial charge in [0.2, 0.25) is 0 Å². The number of hydrogen-bond acceptors (Lipinski definition) is 6. The van der Waals surface area contributed by atoms with E-state index in [0.29, 0.717) is 10.1 Å². The van der Waals surface area contributed by atoms with Crippen LogP contribution in [-0.2, 0) is 10.0 Å². The lowest BCUT2D eigenvalue weighted by molar-refractivity contribution is 0.596. The van der Waals surface area contributed by atoms with Gasteiger partial charge in [-0.1, -0.05) is 11.6 Å². The van der Waals surface area contributed by atoms with Gasteiger partial charge in [0.05, 0.1) is 0 Å². The number of thiazole rings is 2. The number of aryl methyl sites for hydroxylation is 1. The van der Waals surface area contributed by atoms with Gasteiger partial charge in [-0.25, -0.2) is 9.97 Å². The fourth-order valence-electron chi connectivity index (χ4n) is 1.54. The predicted octanol–water partition coefficient (Wildman–Crippen LogP) is 2.61. The van der Waals surface area contributed by atoms with Gasteiger partial charge in [0.1, 0.15) is 0 Å². The molecule has 0 aliphatic carbocycles. The molecule has 0 radical (unpaired) electrons. The maximum atomic E-state index is 12.3. The highest BCUT2D eigenvalue weighted by molar-refractivity contribution is 7.93. The van der Waals surface area contributed by atoms with E-state index < -0.39 is 10.0 Å². The molecule has 0 fully saturated rings. The summed E-state index contributed by atoms with van der Waals surface area (Å²) < 4.78 is 28.5. The van der Waals surface area contributed by atoms with Crippen LogP contribution in [0.2, 0.25) is 5.15 Å². The predicted molar refractivity (Wildman–Crippen MR) is 75.7 cm³/mol. The Kier molecular flexibility index (Phi) is 3.01. The van der Waals surface area contributed by atoms with Gasteiger partial charge in [-0.2, -0.15) is 8.42 Å². The van der Waals surface area contributed by atoms with E-state index in [4.69, 9.17) is 11.6 Å². The molecule has 0 aliphatic rings. The van der Waals surface area contributed by atoms with E-state index in [0.717, 1.165) is 4.88 Å². The van der Waals surface area contributed by atoms with Gasteiger partial charge >= 0.3 is 0 Å².